The first-order valence-corrected chi connectivity index (χ1v) is 12.3. The second kappa shape index (κ2) is 9.76. The van der Waals surface area contributed by atoms with E-state index in [-0.39, 0.29) is 36.3 Å². The van der Waals surface area contributed by atoms with Crippen LogP contribution in [0.1, 0.15) is 68.1 Å². The Balaban J connectivity index is 1.56. The van der Waals surface area contributed by atoms with E-state index in [1.165, 1.54) is 0 Å². The third kappa shape index (κ3) is 6.14. The standard InChI is InChI=1S/C25H30F8N2O/c26-23(27)5-3-17(4-6-23)20(11-15-1-2-15)22(7-8-34-14-22)21(36)35-13-16-9-18(24(28,29)30)12-19(10-16)25(31,32)33/h9-10,12,15,17,20,34H,1-8,11,13-14H2,(H,35,36). The first-order chi connectivity index (χ1) is 16.7. The van der Waals surface area contributed by atoms with E-state index < -0.39 is 47.3 Å². The Morgan fingerprint density at radius 1 is 0.944 bits per heavy atom. The van der Waals surface area contributed by atoms with Crippen molar-refractivity contribution in [2.75, 3.05) is 13.1 Å². The molecule has 1 amide bonds. The topological polar surface area (TPSA) is 41.1 Å². The fourth-order valence-corrected chi connectivity index (χ4v) is 5.92. The maximum absolute atomic E-state index is 13.8. The van der Waals surface area contributed by atoms with Crippen LogP contribution < -0.4 is 10.6 Å². The van der Waals surface area contributed by atoms with E-state index in [1.54, 1.807) is 0 Å². The van der Waals surface area contributed by atoms with E-state index in [0.29, 0.717) is 56.8 Å². The molecule has 11 heteroatoms. The van der Waals surface area contributed by atoms with E-state index in [9.17, 15) is 39.9 Å². The molecule has 2 saturated carbocycles. The molecule has 1 aromatic carbocycles. The number of amides is 1. The Morgan fingerprint density at radius 3 is 2.00 bits per heavy atom. The van der Waals surface area contributed by atoms with Gasteiger partial charge >= 0.3 is 12.4 Å². The van der Waals surface area contributed by atoms with Crippen LogP contribution in [0.5, 0.6) is 0 Å². The smallest absolute Gasteiger partial charge is 0.351 e. The van der Waals surface area contributed by atoms with Crippen LogP contribution in [0.4, 0.5) is 35.1 Å². The highest BCUT2D eigenvalue weighted by molar-refractivity contribution is 5.83. The van der Waals surface area contributed by atoms with Crippen molar-refractivity contribution in [1.82, 2.24) is 10.6 Å². The van der Waals surface area contributed by atoms with Crippen molar-refractivity contribution in [3.05, 3.63) is 34.9 Å². The zero-order chi connectivity index (χ0) is 26.4. The van der Waals surface area contributed by atoms with Crippen molar-refractivity contribution in [3.8, 4) is 0 Å². The number of benzene rings is 1. The molecule has 3 aliphatic rings. The highest BCUT2D eigenvalue weighted by Crippen LogP contribution is 2.52. The van der Waals surface area contributed by atoms with Gasteiger partial charge in [0.25, 0.3) is 0 Å². The quantitative estimate of drug-likeness (QED) is 0.395. The molecule has 1 saturated heterocycles. The molecule has 3 fully saturated rings. The molecular formula is C25H30F8N2O. The number of alkyl halides is 8. The van der Waals surface area contributed by atoms with E-state index in [2.05, 4.69) is 10.6 Å². The molecule has 1 aliphatic heterocycles. The first kappa shape index (κ1) is 27.1. The van der Waals surface area contributed by atoms with E-state index in [0.717, 1.165) is 12.8 Å². The monoisotopic (exact) mass is 526 g/mol. The van der Waals surface area contributed by atoms with Gasteiger partial charge in [0, 0.05) is 25.9 Å². The van der Waals surface area contributed by atoms with Crippen LogP contribution in [0.25, 0.3) is 0 Å². The van der Waals surface area contributed by atoms with Gasteiger partial charge in [-0.3, -0.25) is 4.79 Å². The van der Waals surface area contributed by atoms with Crippen molar-refractivity contribution in [2.45, 2.75) is 76.2 Å². The molecule has 2 atom stereocenters. The summed E-state index contributed by atoms with van der Waals surface area (Å²) in [5.41, 5.74) is -4.11. The average Bonchev–Trinajstić information content (AvgIpc) is 3.47. The van der Waals surface area contributed by atoms with Gasteiger partial charge in [-0.05, 0) is 73.7 Å². The molecule has 36 heavy (non-hydrogen) atoms. The Labute approximate surface area is 204 Å². The summed E-state index contributed by atoms with van der Waals surface area (Å²) < 4.78 is 107. The molecule has 0 aromatic heterocycles. The normalized spacial score (nSPS) is 26.1. The summed E-state index contributed by atoms with van der Waals surface area (Å²) in [5, 5.41) is 5.78. The maximum Gasteiger partial charge on any atom is 0.416 e. The summed E-state index contributed by atoms with van der Waals surface area (Å²) in [6.07, 6.45) is -6.67. The van der Waals surface area contributed by atoms with Crippen LogP contribution in [0.15, 0.2) is 18.2 Å². The van der Waals surface area contributed by atoms with E-state index in [4.69, 9.17) is 0 Å². The van der Waals surface area contributed by atoms with Crippen LogP contribution >= 0.6 is 0 Å². The van der Waals surface area contributed by atoms with E-state index >= 15 is 0 Å². The number of carbonyl (C=O) groups is 1. The van der Waals surface area contributed by atoms with Crippen LogP contribution in [0.3, 0.4) is 0 Å². The molecule has 1 aromatic rings. The second-order valence-electron chi connectivity index (χ2n) is 10.7. The van der Waals surface area contributed by atoms with Crippen molar-refractivity contribution >= 4 is 5.91 Å². The highest BCUT2D eigenvalue weighted by Gasteiger charge is 2.53. The van der Waals surface area contributed by atoms with Gasteiger partial charge in [0.2, 0.25) is 11.8 Å². The minimum absolute atomic E-state index is 0.0538. The number of halogens is 8. The Morgan fingerprint density at radius 2 is 1.53 bits per heavy atom. The van der Waals surface area contributed by atoms with Crippen LogP contribution in [0.2, 0.25) is 0 Å². The van der Waals surface area contributed by atoms with Crippen molar-refractivity contribution in [3.63, 3.8) is 0 Å². The van der Waals surface area contributed by atoms with Crippen LogP contribution in [0, 0.1) is 23.2 Å². The van der Waals surface area contributed by atoms with Gasteiger partial charge in [0.05, 0.1) is 16.5 Å². The second-order valence-corrected chi connectivity index (χ2v) is 10.7. The Bertz CT molecular complexity index is 906. The fourth-order valence-electron chi connectivity index (χ4n) is 5.92. The van der Waals surface area contributed by atoms with Crippen molar-refractivity contribution in [1.29, 1.82) is 0 Å². The minimum Gasteiger partial charge on any atom is -0.351 e. The predicted molar refractivity (Wildman–Crippen MR) is 116 cm³/mol. The number of hydrogen-bond donors (Lipinski definition) is 2. The summed E-state index contributed by atoms with van der Waals surface area (Å²) >= 11 is 0. The average molecular weight is 527 g/mol. The lowest BCUT2D eigenvalue weighted by molar-refractivity contribution is -0.143. The molecule has 2 N–H and O–H groups in total. The molecule has 0 spiro atoms. The highest BCUT2D eigenvalue weighted by atomic mass is 19.4. The lowest BCUT2D eigenvalue weighted by atomic mass is 9.62. The SMILES string of the molecule is O=C(NCc1cc(C(F)(F)F)cc(C(F)(F)F)c1)C1(C(CC2CC2)C2CCC(F)(F)CC2)CCNC1. The largest absolute Gasteiger partial charge is 0.416 e. The number of carbonyl (C=O) groups excluding carboxylic acids is 1. The zero-order valence-corrected chi connectivity index (χ0v) is 19.7. The molecular weight excluding hydrogens is 496 g/mol. The molecule has 2 unspecified atom stereocenters. The fraction of sp³-hybridized carbons (Fsp3) is 0.720. The van der Waals surface area contributed by atoms with Gasteiger partial charge in [-0.25, -0.2) is 8.78 Å². The number of nitrogens with one attached hydrogen (secondary N) is 2. The van der Waals surface area contributed by atoms with Gasteiger partial charge < -0.3 is 10.6 Å². The summed E-state index contributed by atoms with van der Waals surface area (Å²) in [5.74, 6) is -3.00. The summed E-state index contributed by atoms with van der Waals surface area (Å²) in [6.45, 7) is 0.339. The molecule has 202 valence electrons. The van der Waals surface area contributed by atoms with Gasteiger partial charge in [0.15, 0.2) is 0 Å². The maximum atomic E-state index is 13.8. The third-order valence-corrected chi connectivity index (χ3v) is 8.07. The Kier molecular flexibility index (Phi) is 7.36. The molecule has 4 rings (SSSR count). The summed E-state index contributed by atoms with van der Waals surface area (Å²) in [6, 6.07) is 1.28. The van der Waals surface area contributed by atoms with Gasteiger partial charge in [-0.1, -0.05) is 12.8 Å². The zero-order valence-electron chi connectivity index (χ0n) is 19.7. The van der Waals surface area contributed by atoms with E-state index in [1.807, 2.05) is 0 Å². The van der Waals surface area contributed by atoms with Gasteiger partial charge in [-0.2, -0.15) is 26.3 Å². The molecule has 2 aliphatic carbocycles. The molecule has 3 nitrogen and oxygen atoms in total. The lowest BCUT2D eigenvalue weighted by Crippen LogP contribution is -2.50. The third-order valence-electron chi connectivity index (χ3n) is 8.07. The Hall–Kier alpha value is -1.91. The first-order valence-electron chi connectivity index (χ1n) is 12.3. The summed E-state index contributed by atoms with van der Waals surface area (Å²) in [7, 11) is 0. The number of rotatable bonds is 7. The molecule has 0 radical (unpaired) electrons. The number of hydrogen-bond acceptors (Lipinski definition) is 2. The van der Waals surface area contributed by atoms with Crippen LogP contribution in [-0.2, 0) is 23.7 Å². The van der Waals surface area contributed by atoms with Crippen molar-refractivity contribution in [2.24, 2.45) is 23.2 Å². The molecule has 0 bridgehead atoms. The van der Waals surface area contributed by atoms with Crippen LogP contribution in [-0.4, -0.2) is 24.9 Å². The van der Waals surface area contributed by atoms with Gasteiger partial charge in [-0.15, -0.1) is 0 Å². The lowest BCUT2D eigenvalue weighted by Gasteiger charge is -2.43. The molecule has 1 heterocycles. The predicted octanol–water partition coefficient (Wildman–Crippen LogP) is 6.56. The minimum atomic E-state index is -4.98. The van der Waals surface area contributed by atoms with Crippen molar-refractivity contribution < 1.29 is 39.9 Å². The summed E-state index contributed by atoms with van der Waals surface area (Å²) in [4.78, 5) is 13.6. The van der Waals surface area contributed by atoms with Gasteiger partial charge in [0.1, 0.15) is 0 Å².